The lowest BCUT2D eigenvalue weighted by Gasteiger charge is -2.44. The summed E-state index contributed by atoms with van der Waals surface area (Å²) < 4.78 is 9.09. The maximum atomic E-state index is 6.38. The first-order valence-corrected chi connectivity index (χ1v) is 19.8. The van der Waals surface area contributed by atoms with Gasteiger partial charge in [-0.3, -0.25) is 0 Å². The smallest absolute Gasteiger partial charge is 0.206 e. The monoisotopic (exact) mass is 704 g/mol. The number of furan rings is 1. The zero-order valence-corrected chi connectivity index (χ0v) is 32.0. The van der Waals surface area contributed by atoms with Crippen LogP contribution in [0.3, 0.4) is 0 Å². The molecule has 0 amide bonds. The van der Waals surface area contributed by atoms with E-state index in [4.69, 9.17) is 4.42 Å². The van der Waals surface area contributed by atoms with E-state index in [1.54, 1.807) is 0 Å². The van der Waals surface area contributed by atoms with Gasteiger partial charge in [0.05, 0.1) is 21.3 Å². The fourth-order valence-corrected chi connectivity index (χ4v) is 11.0. The SMILES string of the molecule is Cc1cc(-c2cccc3c2[nH]c2oc4ccccc4c23)c2c(c1)N(c1cc3c(cc1C)C(C)(C)CCC3(C)C)c1c(ccc3c1sc1ccccc13)B2. The number of nitrogens with zero attached hydrogens (tertiary/aromatic N) is 1. The molecule has 6 aromatic carbocycles. The Morgan fingerprint density at radius 2 is 1.43 bits per heavy atom. The van der Waals surface area contributed by atoms with E-state index in [0.717, 1.165) is 34.9 Å². The van der Waals surface area contributed by atoms with Crippen LogP contribution in [0.2, 0.25) is 0 Å². The molecule has 0 bridgehead atoms. The van der Waals surface area contributed by atoms with Crippen molar-refractivity contribution in [2.75, 3.05) is 4.90 Å². The highest BCUT2D eigenvalue weighted by Gasteiger charge is 2.39. The molecule has 5 heteroatoms. The first kappa shape index (κ1) is 31.3. The van der Waals surface area contributed by atoms with Crippen molar-refractivity contribution in [1.82, 2.24) is 4.98 Å². The van der Waals surface area contributed by atoms with Crippen LogP contribution in [0.15, 0.2) is 108 Å². The summed E-state index contributed by atoms with van der Waals surface area (Å²) in [6.45, 7) is 14.4. The van der Waals surface area contributed by atoms with E-state index in [-0.39, 0.29) is 10.8 Å². The lowest BCUT2D eigenvalue weighted by atomic mass is 9.57. The van der Waals surface area contributed by atoms with Crippen LogP contribution in [0.5, 0.6) is 0 Å². The van der Waals surface area contributed by atoms with Crippen LogP contribution in [0.1, 0.15) is 62.8 Å². The molecule has 0 unspecified atom stereocenters. The van der Waals surface area contributed by atoms with Crippen molar-refractivity contribution in [1.29, 1.82) is 0 Å². The number of hydrogen-bond acceptors (Lipinski definition) is 3. The Labute approximate surface area is 314 Å². The molecule has 1 aliphatic heterocycles. The third-order valence-corrected chi connectivity index (χ3v) is 13.9. The van der Waals surface area contributed by atoms with Crippen molar-refractivity contribution < 1.29 is 4.42 Å². The van der Waals surface area contributed by atoms with Gasteiger partial charge in [0.15, 0.2) is 7.28 Å². The molecule has 1 N–H and O–H groups in total. The standard InChI is InChI=1S/C48H41BN2OS/c1-26-22-33(29-14-11-15-32-41-31-13-7-9-16-39(31)52-46(41)50-43(29)32)42-38(23-26)51(37-25-35-34(24-27(37)2)47(3,4)20-21-48(35,5)6)44-36(49-42)19-18-30-28-12-8-10-17-40(28)53-45(30)44/h7-19,22-25,49-50H,20-21H2,1-6H3. The maximum Gasteiger partial charge on any atom is 0.206 e. The number of anilines is 3. The van der Waals surface area contributed by atoms with Gasteiger partial charge in [-0.15, -0.1) is 11.3 Å². The van der Waals surface area contributed by atoms with Crippen LogP contribution in [0.4, 0.5) is 17.1 Å². The number of benzene rings is 6. The maximum absolute atomic E-state index is 6.38. The number of para-hydroxylation sites is 2. The largest absolute Gasteiger partial charge is 0.440 e. The molecule has 2 aliphatic rings. The minimum atomic E-state index is 0.0977. The average molecular weight is 705 g/mol. The van der Waals surface area contributed by atoms with Gasteiger partial charge < -0.3 is 14.3 Å². The second-order valence-corrected chi connectivity index (χ2v) is 18.0. The molecule has 0 saturated carbocycles. The van der Waals surface area contributed by atoms with Crippen LogP contribution in [-0.4, -0.2) is 12.3 Å². The van der Waals surface area contributed by atoms with Crippen molar-refractivity contribution in [3.8, 4) is 11.1 Å². The van der Waals surface area contributed by atoms with E-state index in [1.807, 2.05) is 17.4 Å². The lowest BCUT2D eigenvalue weighted by molar-refractivity contribution is 0.332. The molecular formula is C48H41BN2OS. The van der Waals surface area contributed by atoms with Crippen LogP contribution in [0.25, 0.3) is 64.3 Å². The second kappa shape index (κ2) is 10.7. The molecule has 0 fully saturated rings. The number of aromatic amines is 1. The number of aryl methyl sites for hydroxylation is 2. The van der Waals surface area contributed by atoms with Gasteiger partial charge in [0.1, 0.15) is 5.58 Å². The van der Waals surface area contributed by atoms with Crippen LogP contribution >= 0.6 is 11.3 Å². The third-order valence-electron chi connectivity index (χ3n) is 12.7. The van der Waals surface area contributed by atoms with E-state index in [9.17, 15) is 0 Å². The van der Waals surface area contributed by atoms with E-state index < -0.39 is 0 Å². The zero-order valence-electron chi connectivity index (χ0n) is 31.2. The topological polar surface area (TPSA) is 32.2 Å². The Morgan fingerprint density at radius 3 is 2.26 bits per heavy atom. The average Bonchev–Trinajstić information content (AvgIpc) is 3.82. The molecule has 11 rings (SSSR count). The Balaban J connectivity index is 1.22. The molecule has 0 atom stereocenters. The predicted molar refractivity (Wildman–Crippen MR) is 230 cm³/mol. The summed E-state index contributed by atoms with van der Waals surface area (Å²) in [5, 5.41) is 6.19. The molecule has 53 heavy (non-hydrogen) atoms. The predicted octanol–water partition coefficient (Wildman–Crippen LogP) is 12.2. The normalized spacial score (nSPS) is 16.0. The molecule has 9 aromatic rings. The fraction of sp³-hybridized carbons (Fsp3) is 0.208. The summed E-state index contributed by atoms with van der Waals surface area (Å²) >= 11 is 1.94. The second-order valence-electron chi connectivity index (χ2n) is 17.0. The van der Waals surface area contributed by atoms with E-state index in [2.05, 4.69) is 148 Å². The minimum Gasteiger partial charge on any atom is -0.440 e. The van der Waals surface area contributed by atoms with Gasteiger partial charge in [-0.2, -0.15) is 0 Å². The molecule has 0 spiro atoms. The van der Waals surface area contributed by atoms with Gasteiger partial charge in [0, 0.05) is 43.2 Å². The molecule has 1 aliphatic carbocycles. The minimum absolute atomic E-state index is 0.0977. The number of hydrogen-bond donors (Lipinski definition) is 1. The molecule has 0 radical (unpaired) electrons. The Morgan fingerprint density at radius 1 is 0.698 bits per heavy atom. The molecule has 3 aromatic heterocycles. The summed E-state index contributed by atoms with van der Waals surface area (Å²) in [6.07, 6.45) is 2.39. The van der Waals surface area contributed by atoms with Crippen LogP contribution in [-0.2, 0) is 10.8 Å². The Hall–Kier alpha value is -5.26. The molecule has 258 valence electrons. The highest BCUT2D eigenvalue weighted by atomic mass is 32.1. The third kappa shape index (κ3) is 4.35. The summed E-state index contributed by atoms with van der Waals surface area (Å²) in [7, 11) is 0.861. The van der Waals surface area contributed by atoms with Gasteiger partial charge in [-0.1, -0.05) is 112 Å². The van der Waals surface area contributed by atoms with Gasteiger partial charge in [-0.05, 0) is 95.1 Å². The van der Waals surface area contributed by atoms with Crippen molar-refractivity contribution >= 4 is 99.7 Å². The van der Waals surface area contributed by atoms with E-state index >= 15 is 0 Å². The molecule has 4 heterocycles. The van der Waals surface area contributed by atoms with Gasteiger partial charge in [-0.25, -0.2) is 0 Å². The van der Waals surface area contributed by atoms with Crippen molar-refractivity contribution in [2.24, 2.45) is 0 Å². The molecular weight excluding hydrogens is 663 g/mol. The van der Waals surface area contributed by atoms with Gasteiger partial charge in [0.2, 0.25) is 5.71 Å². The number of thiophene rings is 1. The van der Waals surface area contributed by atoms with Crippen LogP contribution < -0.4 is 15.8 Å². The van der Waals surface area contributed by atoms with Crippen molar-refractivity contribution in [3.05, 3.63) is 125 Å². The highest BCUT2D eigenvalue weighted by molar-refractivity contribution is 7.26. The first-order chi connectivity index (χ1) is 25.6. The number of H-pyrrole nitrogens is 1. The van der Waals surface area contributed by atoms with Gasteiger partial charge in [0.25, 0.3) is 0 Å². The van der Waals surface area contributed by atoms with Crippen LogP contribution in [0, 0.1) is 13.8 Å². The van der Waals surface area contributed by atoms with E-state index in [1.165, 1.54) is 99.8 Å². The number of aromatic nitrogens is 1. The zero-order chi connectivity index (χ0) is 36.0. The number of rotatable bonds is 2. The fourth-order valence-electron chi connectivity index (χ4n) is 9.77. The van der Waals surface area contributed by atoms with Gasteiger partial charge >= 0.3 is 0 Å². The Bertz CT molecular complexity index is 3030. The summed E-state index contributed by atoms with van der Waals surface area (Å²) in [6, 6.07) is 38.8. The van der Waals surface area contributed by atoms with Crippen molar-refractivity contribution in [2.45, 2.75) is 65.2 Å². The lowest BCUT2D eigenvalue weighted by Crippen LogP contribution is -2.41. The molecule has 3 nitrogen and oxygen atoms in total. The summed E-state index contributed by atoms with van der Waals surface area (Å²) in [5.74, 6) is 0. The summed E-state index contributed by atoms with van der Waals surface area (Å²) in [5.41, 5.74) is 17.9. The first-order valence-electron chi connectivity index (χ1n) is 19.0. The Kier molecular flexibility index (Phi) is 6.30. The van der Waals surface area contributed by atoms with Crippen molar-refractivity contribution in [3.63, 3.8) is 0 Å². The summed E-state index contributed by atoms with van der Waals surface area (Å²) in [4.78, 5) is 6.40. The molecule has 0 saturated heterocycles. The quantitative estimate of drug-likeness (QED) is 0.182. The highest BCUT2D eigenvalue weighted by Crippen LogP contribution is 2.51. The number of nitrogens with one attached hydrogen (secondary N) is 1. The van der Waals surface area contributed by atoms with E-state index in [0.29, 0.717) is 0 Å². The number of fused-ring (bicyclic) bond motifs is 12.